The van der Waals surface area contributed by atoms with Crippen LogP contribution in [0.3, 0.4) is 0 Å². The molecule has 1 aromatic heterocycles. The number of benzene rings is 2. The van der Waals surface area contributed by atoms with Gasteiger partial charge in [0, 0.05) is 43.5 Å². The summed E-state index contributed by atoms with van der Waals surface area (Å²) in [6, 6.07) is 19.8. The second kappa shape index (κ2) is 7.99. The van der Waals surface area contributed by atoms with Gasteiger partial charge < -0.3 is 5.73 Å². The summed E-state index contributed by atoms with van der Waals surface area (Å²) < 4.78 is 14.7. The van der Waals surface area contributed by atoms with Crippen molar-refractivity contribution in [3.8, 4) is 11.1 Å². The van der Waals surface area contributed by atoms with Gasteiger partial charge >= 0.3 is 0 Å². The Labute approximate surface area is 159 Å². The number of hydrogen-bond acceptors (Lipinski definition) is 3. The van der Waals surface area contributed by atoms with E-state index in [1.807, 2.05) is 30.3 Å². The molecule has 4 heteroatoms. The maximum absolute atomic E-state index is 14.7. The molecule has 0 spiro atoms. The van der Waals surface area contributed by atoms with E-state index >= 15 is 0 Å². The number of aromatic nitrogens is 1. The summed E-state index contributed by atoms with van der Waals surface area (Å²) >= 11 is 0. The van der Waals surface area contributed by atoms with Crippen molar-refractivity contribution in [3.63, 3.8) is 0 Å². The molecule has 2 heterocycles. The van der Waals surface area contributed by atoms with E-state index in [0.29, 0.717) is 24.9 Å². The molecule has 0 amide bonds. The van der Waals surface area contributed by atoms with Gasteiger partial charge in [-0.05, 0) is 47.4 Å². The SMILES string of the molecule is NC[C@@H]1CN(Cc2ccc(-c3ccncc3)cc2F)C[C@H]1c1ccccc1. The number of nitrogens with zero attached hydrogens (tertiary/aromatic N) is 2. The zero-order valence-corrected chi connectivity index (χ0v) is 15.3. The van der Waals surface area contributed by atoms with Crippen molar-refractivity contribution in [3.05, 3.63) is 90.0 Å². The summed E-state index contributed by atoms with van der Waals surface area (Å²) in [5.74, 6) is 0.665. The minimum atomic E-state index is -0.156. The van der Waals surface area contributed by atoms with Crippen LogP contribution in [0.2, 0.25) is 0 Å². The van der Waals surface area contributed by atoms with E-state index in [1.54, 1.807) is 18.5 Å². The Morgan fingerprint density at radius 3 is 2.44 bits per heavy atom. The molecule has 0 bridgehead atoms. The van der Waals surface area contributed by atoms with Gasteiger partial charge in [0.05, 0.1) is 0 Å². The lowest BCUT2D eigenvalue weighted by Gasteiger charge is -2.17. The fourth-order valence-corrected chi connectivity index (χ4v) is 4.05. The Hall–Kier alpha value is -2.56. The Balaban J connectivity index is 1.49. The van der Waals surface area contributed by atoms with E-state index in [-0.39, 0.29) is 5.82 Å². The van der Waals surface area contributed by atoms with Crippen molar-refractivity contribution in [2.75, 3.05) is 19.6 Å². The first-order valence-electron chi connectivity index (χ1n) is 9.41. The maximum Gasteiger partial charge on any atom is 0.128 e. The number of rotatable bonds is 5. The number of halogens is 1. The summed E-state index contributed by atoms with van der Waals surface area (Å²) in [5, 5.41) is 0. The highest BCUT2D eigenvalue weighted by atomic mass is 19.1. The zero-order chi connectivity index (χ0) is 18.6. The van der Waals surface area contributed by atoms with E-state index in [2.05, 4.69) is 34.1 Å². The van der Waals surface area contributed by atoms with Gasteiger partial charge in [-0.2, -0.15) is 0 Å². The minimum Gasteiger partial charge on any atom is -0.330 e. The summed E-state index contributed by atoms with van der Waals surface area (Å²) in [6.45, 7) is 3.08. The Bertz CT molecular complexity index is 883. The standard InChI is InChI=1S/C23H24FN3/c24-23-12-19(17-8-10-26-11-9-17)6-7-20(23)14-27-15-21(13-25)22(16-27)18-4-2-1-3-5-18/h1-12,21-22H,13-16,25H2/t21-,22+/m1/s1. The fourth-order valence-electron chi connectivity index (χ4n) is 4.05. The molecule has 3 nitrogen and oxygen atoms in total. The number of pyridine rings is 1. The molecule has 4 rings (SSSR count). The van der Waals surface area contributed by atoms with E-state index in [9.17, 15) is 4.39 Å². The highest BCUT2D eigenvalue weighted by Crippen LogP contribution is 2.33. The van der Waals surface area contributed by atoms with Crippen molar-refractivity contribution >= 4 is 0 Å². The molecule has 3 aromatic rings. The first-order chi connectivity index (χ1) is 13.2. The number of nitrogens with two attached hydrogens (primary N) is 1. The highest BCUT2D eigenvalue weighted by molar-refractivity contribution is 5.63. The molecular weight excluding hydrogens is 337 g/mol. The van der Waals surface area contributed by atoms with Gasteiger partial charge in [0.25, 0.3) is 0 Å². The van der Waals surface area contributed by atoms with Crippen LogP contribution in [0.1, 0.15) is 17.0 Å². The summed E-state index contributed by atoms with van der Waals surface area (Å²) in [4.78, 5) is 6.34. The maximum atomic E-state index is 14.7. The lowest BCUT2D eigenvalue weighted by molar-refractivity contribution is 0.311. The molecule has 27 heavy (non-hydrogen) atoms. The van der Waals surface area contributed by atoms with Gasteiger partial charge in [0.1, 0.15) is 5.82 Å². The summed E-state index contributed by atoms with van der Waals surface area (Å²) in [5.41, 5.74) is 9.93. The number of hydrogen-bond donors (Lipinski definition) is 1. The van der Waals surface area contributed by atoms with Gasteiger partial charge in [-0.1, -0.05) is 42.5 Å². The van der Waals surface area contributed by atoms with Crippen molar-refractivity contribution < 1.29 is 4.39 Å². The predicted octanol–water partition coefficient (Wildman–Crippen LogP) is 4.06. The second-order valence-electron chi connectivity index (χ2n) is 7.25. The predicted molar refractivity (Wildman–Crippen MR) is 107 cm³/mol. The van der Waals surface area contributed by atoms with E-state index in [0.717, 1.165) is 29.8 Å². The lowest BCUT2D eigenvalue weighted by atomic mass is 9.89. The molecule has 1 fully saturated rings. The molecule has 0 saturated carbocycles. The third kappa shape index (κ3) is 3.92. The van der Waals surface area contributed by atoms with Gasteiger partial charge in [0.15, 0.2) is 0 Å². The van der Waals surface area contributed by atoms with Gasteiger partial charge in [0.2, 0.25) is 0 Å². The van der Waals surface area contributed by atoms with Gasteiger partial charge in [-0.25, -0.2) is 4.39 Å². The van der Waals surface area contributed by atoms with Crippen molar-refractivity contribution in [2.24, 2.45) is 11.7 Å². The van der Waals surface area contributed by atoms with Gasteiger partial charge in [-0.3, -0.25) is 9.88 Å². The van der Waals surface area contributed by atoms with Crippen LogP contribution in [0.15, 0.2) is 73.1 Å². The highest BCUT2D eigenvalue weighted by Gasteiger charge is 2.32. The molecule has 2 aromatic carbocycles. The first kappa shape index (κ1) is 17.8. The molecule has 0 unspecified atom stereocenters. The molecule has 1 aliphatic heterocycles. The van der Waals surface area contributed by atoms with E-state index in [1.165, 1.54) is 5.56 Å². The molecule has 0 aliphatic carbocycles. The average Bonchev–Trinajstić information content (AvgIpc) is 3.14. The van der Waals surface area contributed by atoms with Crippen LogP contribution in [-0.2, 0) is 6.54 Å². The molecule has 0 radical (unpaired) electrons. The largest absolute Gasteiger partial charge is 0.330 e. The Morgan fingerprint density at radius 2 is 1.74 bits per heavy atom. The third-order valence-electron chi connectivity index (χ3n) is 5.51. The molecule has 2 N–H and O–H groups in total. The normalized spacial score (nSPS) is 20.1. The van der Waals surface area contributed by atoms with Crippen LogP contribution in [0.25, 0.3) is 11.1 Å². The van der Waals surface area contributed by atoms with Crippen LogP contribution < -0.4 is 5.73 Å². The van der Waals surface area contributed by atoms with E-state index in [4.69, 9.17) is 5.73 Å². The van der Waals surface area contributed by atoms with Crippen LogP contribution in [0.5, 0.6) is 0 Å². The van der Waals surface area contributed by atoms with Gasteiger partial charge in [-0.15, -0.1) is 0 Å². The van der Waals surface area contributed by atoms with Crippen LogP contribution >= 0.6 is 0 Å². The fraction of sp³-hybridized carbons (Fsp3) is 0.261. The van der Waals surface area contributed by atoms with Crippen molar-refractivity contribution in [1.29, 1.82) is 0 Å². The van der Waals surface area contributed by atoms with Crippen LogP contribution in [0, 0.1) is 11.7 Å². The average molecular weight is 361 g/mol. The molecule has 2 atom stereocenters. The molecular formula is C23H24FN3. The Morgan fingerprint density at radius 1 is 0.963 bits per heavy atom. The molecule has 138 valence electrons. The van der Waals surface area contributed by atoms with Crippen molar-refractivity contribution in [1.82, 2.24) is 9.88 Å². The van der Waals surface area contributed by atoms with Crippen LogP contribution in [0.4, 0.5) is 4.39 Å². The molecule has 1 saturated heterocycles. The number of likely N-dealkylation sites (tertiary alicyclic amines) is 1. The molecule has 1 aliphatic rings. The smallest absolute Gasteiger partial charge is 0.128 e. The first-order valence-corrected chi connectivity index (χ1v) is 9.41. The zero-order valence-electron chi connectivity index (χ0n) is 15.3. The quantitative estimate of drug-likeness (QED) is 0.745. The lowest BCUT2D eigenvalue weighted by Crippen LogP contribution is -2.23. The van der Waals surface area contributed by atoms with Crippen LogP contribution in [-0.4, -0.2) is 29.5 Å². The monoisotopic (exact) mass is 361 g/mol. The minimum absolute atomic E-state index is 0.156. The van der Waals surface area contributed by atoms with E-state index < -0.39 is 0 Å². The topological polar surface area (TPSA) is 42.1 Å². The summed E-state index contributed by atoms with van der Waals surface area (Å²) in [6.07, 6.45) is 3.45. The third-order valence-corrected chi connectivity index (χ3v) is 5.51. The van der Waals surface area contributed by atoms with Crippen molar-refractivity contribution in [2.45, 2.75) is 12.5 Å². The second-order valence-corrected chi connectivity index (χ2v) is 7.25. The summed E-state index contributed by atoms with van der Waals surface area (Å²) in [7, 11) is 0. The Kier molecular flexibility index (Phi) is 5.28.